The van der Waals surface area contributed by atoms with E-state index in [0.29, 0.717) is 31.8 Å². The number of amides is 1. The third kappa shape index (κ3) is 4.73. The molecule has 0 atom stereocenters. The molecule has 0 fully saturated rings. The summed E-state index contributed by atoms with van der Waals surface area (Å²) < 4.78 is 27.8. The van der Waals surface area contributed by atoms with E-state index in [-0.39, 0.29) is 10.8 Å². The maximum Gasteiger partial charge on any atom is 0.264 e. The maximum absolute atomic E-state index is 13.1. The Balaban J connectivity index is 1.69. The van der Waals surface area contributed by atoms with Crippen LogP contribution in [0.15, 0.2) is 53.4 Å². The molecule has 0 saturated heterocycles. The van der Waals surface area contributed by atoms with Crippen molar-refractivity contribution in [3.8, 4) is 0 Å². The van der Waals surface area contributed by atoms with Gasteiger partial charge in [0.2, 0.25) is 5.91 Å². The number of hydrogen-bond donors (Lipinski definition) is 1. The van der Waals surface area contributed by atoms with Gasteiger partial charge in [-0.05, 0) is 54.5 Å². The molecule has 0 radical (unpaired) electrons. The summed E-state index contributed by atoms with van der Waals surface area (Å²) in [5, 5.41) is 2.90. The second kappa shape index (κ2) is 8.78. The molecule has 1 aliphatic heterocycles. The number of nitrogens with one attached hydrogen (secondary N) is 1. The average Bonchev–Trinajstić information content (AvgIpc) is 2.70. The lowest BCUT2D eigenvalue weighted by molar-refractivity contribution is -0.121. The summed E-state index contributed by atoms with van der Waals surface area (Å²) in [5.74, 6) is 0.448. The first kappa shape index (κ1) is 20.4. The van der Waals surface area contributed by atoms with Crippen molar-refractivity contribution in [3.05, 3.63) is 59.7 Å². The quantitative estimate of drug-likeness (QED) is 0.773. The topological polar surface area (TPSA) is 66.5 Å². The standard InChI is InChI=1S/C22H28N2O3S/c1-17(2)16-23-22(25)14-11-18-9-12-20(13-10-18)28(26,27)24-15-5-7-19-6-3-4-8-21(19)24/h3-4,6,8-10,12-13,17H,5,7,11,14-16H2,1-2H3,(H,23,25). The molecule has 0 unspecified atom stereocenters. The number of carbonyl (C=O) groups is 1. The molecule has 6 heteroatoms. The Hall–Kier alpha value is -2.34. The Bertz CT molecular complexity index is 921. The summed E-state index contributed by atoms with van der Waals surface area (Å²) >= 11 is 0. The molecule has 0 bridgehead atoms. The second-order valence-electron chi connectivity index (χ2n) is 7.65. The first-order valence-electron chi connectivity index (χ1n) is 9.84. The predicted octanol–water partition coefficient (Wildman–Crippen LogP) is 3.53. The number of aryl methyl sites for hydroxylation is 2. The number of fused-ring (bicyclic) bond motifs is 1. The van der Waals surface area contributed by atoms with Crippen LogP contribution in [0.5, 0.6) is 0 Å². The van der Waals surface area contributed by atoms with Crippen LogP contribution in [0, 0.1) is 5.92 Å². The van der Waals surface area contributed by atoms with E-state index in [1.54, 1.807) is 24.3 Å². The van der Waals surface area contributed by atoms with E-state index in [4.69, 9.17) is 0 Å². The monoisotopic (exact) mass is 400 g/mol. The molecule has 5 nitrogen and oxygen atoms in total. The van der Waals surface area contributed by atoms with Crippen molar-refractivity contribution in [2.75, 3.05) is 17.4 Å². The number of nitrogens with zero attached hydrogens (tertiary/aromatic N) is 1. The average molecular weight is 401 g/mol. The van der Waals surface area contributed by atoms with Crippen LogP contribution in [0.2, 0.25) is 0 Å². The summed E-state index contributed by atoms with van der Waals surface area (Å²) in [6, 6.07) is 14.6. The number of sulfonamides is 1. The largest absolute Gasteiger partial charge is 0.356 e. The highest BCUT2D eigenvalue weighted by Gasteiger charge is 2.28. The Morgan fingerprint density at radius 1 is 1.11 bits per heavy atom. The molecular formula is C22H28N2O3S. The molecule has 2 aromatic rings. The molecule has 3 rings (SSSR count). The smallest absolute Gasteiger partial charge is 0.264 e. The summed E-state index contributed by atoms with van der Waals surface area (Å²) in [4.78, 5) is 12.1. The highest BCUT2D eigenvalue weighted by Crippen LogP contribution is 2.31. The van der Waals surface area contributed by atoms with Gasteiger partial charge in [-0.3, -0.25) is 9.10 Å². The van der Waals surface area contributed by atoms with Gasteiger partial charge < -0.3 is 5.32 Å². The fourth-order valence-electron chi connectivity index (χ4n) is 3.37. The summed E-state index contributed by atoms with van der Waals surface area (Å²) in [6.45, 7) is 5.28. The summed E-state index contributed by atoms with van der Waals surface area (Å²) in [6.07, 6.45) is 2.72. The highest BCUT2D eigenvalue weighted by molar-refractivity contribution is 7.92. The van der Waals surface area contributed by atoms with Gasteiger partial charge in [-0.1, -0.05) is 44.2 Å². The van der Waals surface area contributed by atoms with Crippen molar-refractivity contribution in [2.24, 2.45) is 5.92 Å². The van der Waals surface area contributed by atoms with Crippen LogP contribution in [-0.2, 0) is 27.7 Å². The zero-order valence-corrected chi connectivity index (χ0v) is 17.3. The Kier molecular flexibility index (Phi) is 6.39. The fourth-order valence-corrected chi connectivity index (χ4v) is 4.91. The first-order chi connectivity index (χ1) is 13.4. The minimum Gasteiger partial charge on any atom is -0.356 e. The van der Waals surface area contributed by atoms with Gasteiger partial charge >= 0.3 is 0 Å². The van der Waals surface area contributed by atoms with Gasteiger partial charge in [0.25, 0.3) is 10.0 Å². The van der Waals surface area contributed by atoms with Crippen LogP contribution >= 0.6 is 0 Å². The van der Waals surface area contributed by atoms with Gasteiger partial charge in [-0.15, -0.1) is 0 Å². The van der Waals surface area contributed by atoms with Crippen LogP contribution in [-0.4, -0.2) is 27.4 Å². The van der Waals surface area contributed by atoms with Gasteiger partial charge in [0.05, 0.1) is 10.6 Å². The van der Waals surface area contributed by atoms with Crippen LogP contribution in [0.4, 0.5) is 5.69 Å². The van der Waals surface area contributed by atoms with Gasteiger partial charge in [0, 0.05) is 19.5 Å². The number of rotatable bonds is 7. The number of hydrogen-bond acceptors (Lipinski definition) is 3. The predicted molar refractivity (Wildman–Crippen MR) is 112 cm³/mol. The van der Waals surface area contributed by atoms with Crippen molar-refractivity contribution in [3.63, 3.8) is 0 Å². The van der Waals surface area contributed by atoms with Crippen LogP contribution < -0.4 is 9.62 Å². The van der Waals surface area contributed by atoms with Crippen molar-refractivity contribution in [1.29, 1.82) is 0 Å². The lowest BCUT2D eigenvalue weighted by Crippen LogP contribution is -2.35. The molecular weight excluding hydrogens is 372 g/mol. The lowest BCUT2D eigenvalue weighted by atomic mass is 10.0. The molecule has 2 aromatic carbocycles. The number of para-hydroxylation sites is 1. The minimum atomic E-state index is -3.59. The second-order valence-corrected chi connectivity index (χ2v) is 9.51. The van der Waals surface area contributed by atoms with Crippen molar-refractivity contribution in [1.82, 2.24) is 5.32 Å². The van der Waals surface area contributed by atoms with E-state index in [1.165, 1.54) is 4.31 Å². The van der Waals surface area contributed by atoms with Crippen molar-refractivity contribution >= 4 is 21.6 Å². The van der Waals surface area contributed by atoms with Gasteiger partial charge in [-0.2, -0.15) is 0 Å². The molecule has 1 amide bonds. The molecule has 1 aliphatic rings. The van der Waals surface area contributed by atoms with Crippen molar-refractivity contribution in [2.45, 2.75) is 44.4 Å². The summed E-state index contributed by atoms with van der Waals surface area (Å²) in [7, 11) is -3.59. The molecule has 0 aliphatic carbocycles. The van der Waals surface area contributed by atoms with Crippen LogP contribution in [0.3, 0.4) is 0 Å². The van der Waals surface area contributed by atoms with E-state index in [0.717, 1.165) is 29.7 Å². The van der Waals surface area contributed by atoms with Crippen LogP contribution in [0.25, 0.3) is 0 Å². The van der Waals surface area contributed by atoms with E-state index in [2.05, 4.69) is 19.2 Å². The SMILES string of the molecule is CC(C)CNC(=O)CCc1ccc(S(=O)(=O)N2CCCc3ccccc32)cc1. The third-order valence-electron chi connectivity index (χ3n) is 4.93. The number of anilines is 1. The Morgan fingerprint density at radius 3 is 2.54 bits per heavy atom. The van der Waals surface area contributed by atoms with E-state index >= 15 is 0 Å². The van der Waals surface area contributed by atoms with Gasteiger partial charge in [0.15, 0.2) is 0 Å². The molecule has 28 heavy (non-hydrogen) atoms. The van der Waals surface area contributed by atoms with E-state index < -0.39 is 10.0 Å². The van der Waals surface area contributed by atoms with Gasteiger partial charge in [-0.25, -0.2) is 8.42 Å². The van der Waals surface area contributed by atoms with Crippen molar-refractivity contribution < 1.29 is 13.2 Å². The molecule has 1 N–H and O–H groups in total. The zero-order chi connectivity index (χ0) is 20.1. The summed E-state index contributed by atoms with van der Waals surface area (Å²) in [5.41, 5.74) is 2.80. The molecule has 0 spiro atoms. The fraction of sp³-hybridized carbons (Fsp3) is 0.409. The normalized spacial score (nSPS) is 14.0. The molecule has 1 heterocycles. The highest BCUT2D eigenvalue weighted by atomic mass is 32.2. The number of carbonyl (C=O) groups excluding carboxylic acids is 1. The lowest BCUT2D eigenvalue weighted by Gasteiger charge is -2.30. The Morgan fingerprint density at radius 2 is 1.82 bits per heavy atom. The number of benzene rings is 2. The maximum atomic E-state index is 13.1. The van der Waals surface area contributed by atoms with Crippen LogP contribution in [0.1, 0.15) is 37.8 Å². The Labute approximate surface area is 167 Å². The molecule has 0 saturated carbocycles. The third-order valence-corrected chi connectivity index (χ3v) is 6.75. The van der Waals surface area contributed by atoms with E-state index in [1.807, 2.05) is 24.3 Å². The zero-order valence-electron chi connectivity index (χ0n) is 16.5. The minimum absolute atomic E-state index is 0.0234. The van der Waals surface area contributed by atoms with E-state index in [9.17, 15) is 13.2 Å². The molecule has 0 aromatic heterocycles. The first-order valence-corrected chi connectivity index (χ1v) is 11.3. The molecule has 150 valence electrons. The van der Waals surface area contributed by atoms with Gasteiger partial charge in [0.1, 0.15) is 0 Å².